The summed E-state index contributed by atoms with van der Waals surface area (Å²) in [5.74, 6) is 0.761. The summed E-state index contributed by atoms with van der Waals surface area (Å²) in [5.41, 5.74) is 9.39. The predicted octanol–water partition coefficient (Wildman–Crippen LogP) is 2.16. The van der Waals surface area contributed by atoms with E-state index in [1.165, 1.54) is 0 Å². The number of imidazole rings is 1. The molecule has 4 heterocycles. The van der Waals surface area contributed by atoms with Crippen LogP contribution >= 0.6 is 0 Å². The minimum atomic E-state index is 0.697. The maximum atomic E-state index is 5.86. The van der Waals surface area contributed by atoms with Crippen molar-refractivity contribution in [1.82, 2.24) is 24.1 Å². The highest BCUT2D eigenvalue weighted by Gasteiger charge is 2.08. The van der Waals surface area contributed by atoms with Crippen LogP contribution in [0.4, 0.5) is 5.69 Å². The Hall–Kier alpha value is -3.15. The van der Waals surface area contributed by atoms with E-state index in [-0.39, 0.29) is 0 Å². The fraction of sp³-hybridized carbons (Fsp3) is 0. The maximum Gasteiger partial charge on any atom is 0.153 e. The number of hydrogen-bond acceptors (Lipinski definition) is 4. The Morgan fingerprint density at radius 2 is 2.00 bits per heavy atom. The zero-order valence-electron chi connectivity index (χ0n) is 11.1. The highest BCUT2D eigenvalue weighted by molar-refractivity contribution is 5.66. The lowest BCUT2D eigenvalue weighted by Gasteiger charge is -2.05. The van der Waals surface area contributed by atoms with Gasteiger partial charge < -0.3 is 5.73 Å². The molecule has 6 heteroatoms. The van der Waals surface area contributed by atoms with Crippen molar-refractivity contribution in [2.45, 2.75) is 0 Å². The molecular formula is C15H12N6. The van der Waals surface area contributed by atoms with Crippen molar-refractivity contribution in [3.8, 4) is 17.1 Å². The quantitative estimate of drug-likeness (QED) is 0.609. The molecule has 6 nitrogen and oxygen atoms in total. The van der Waals surface area contributed by atoms with E-state index in [2.05, 4.69) is 15.1 Å². The Bertz CT molecular complexity index is 907. The molecule has 0 aromatic carbocycles. The van der Waals surface area contributed by atoms with Gasteiger partial charge in [-0.05, 0) is 30.3 Å². The number of nitrogens with zero attached hydrogens (tertiary/aromatic N) is 5. The van der Waals surface area contributed by atoms with Crippen LogP contribution in [0.3, 0.4) is 0 Å². The van der Waals surface area contributed by atoms with Gasteiger partial charge in [-0.15, -0.1) is 0 Å². The van der Waals surface area contributed by atoms with Gasteiger partial charge in [-0.3, -0.25) is 4.40 Å². The SMILES string of the molecule is Nc1ccc2ncc(-c3ccnc(-n4cccn4)c3)n2c1. The van der Waals surface area contributed by atoms with Gasteiger partial charge in [-0.25, -0.2) is 14.6 Å². The minimum Gasteiger partial charge on any atom is -0.398 e. The summed E-state index contributed by atoms with van der Waals surface area (Å²) in [7, 11) is 0. The molecule has 4 rings (SSSR count). The van der Waals surface area contributed by atoms with E-state index < -0.39 is 0 Å². The number of anilines is 1. The van der Waals surface area contributed by atoms with Crippen molar-refractivity contribution in [1.29, 1.82) is 0 Å². The van der Waals surface area contributed by atoms with Gasteiger partial charge in [0.15, 0.2) is 5.82 Å². The minimum absolute atomic E-state index is 0.697. The summed E-state index contributed by atoms with van der Waals surface area (Å²) in [4.78, 5) is 8.73. The van der Waals surface area contributed by atoms with Crippen LogP contribution in [0.2, 0.25) is 0 Å². The first-order valence-electron chi connectivity index (χ1n) is 6.50. The van der Waals surface area contributed by atoms with Crippen LogP contribution in [0.1, 0.15) is 0 Å². The molecule has 4 aromatic rings. The second kappa shape index (κ2) is 4.45. The van der Waals surface area contributed by atoms with E-state index in [1.54, 1.807) is 17.1 Å². The molecule has 0 radical (unpaired) electrons. The number of fused-ring (bicyclic) bond motifs is 1. The zero-order valence-corrected chi connectivity index (χ0v) is 11.1. The number of aromatic nitrogens is 5. The second-order valence-corrected chi connectivity index (χ2v) is 4.69. The van der Waals surface area contributed by atoms with Crippen LogP contribution in [-0.4, -0.2) is 24.1 Å². The third-order valence-corrected chi connectivity index (χ3v) is 3.31. The van der Waals surface area contributed by atoms with Crippen molar-refractivity contribution in [2.24, 2.45) is 0 Å². The second-order valence-electron chi connectivity index (χ2n) is 4.69. The Kier molecular flexibility index (Phi) is 2.47. The summed E-state index contributed by atoms with van der Waals surface area (Å²) < 4.78 is 3.69. The number of hydrogen-bond donors (Lipinski definition) is 1. The molecule has 0 unspecified atom stereocenters. The Labute approximate surface area is 120 Å². The molecule has 4 aromatic heterocycles. The number of nitrogen functional groups attached to an aromatic ring is 1. The molecule has 0 aliphatic heterocycles. The largest absolute Gasteiger partial charge is 0.398 e. The molecule has 0 aliphatic carbocycles. The average Bonchev–Trinajstić information content (AvgIpc) is 3.16. The molecule has 0 bridgehead atoms. The van der Waals surface area contributed by atoms with Crippen LogP contribution in [0.25, 0.3) is 22.7 Å². The lowest BCUT2D eigenvalue weighted by atomic mass is 10.2. The third-order valence-electron chi connectivity index (χ3n) is 3.31. The molecule has 0 amide bonds. The topological polar surface area (TPSA) is 74.0 Å². The Morgan fingerprint density at radius 3 is 2.86 bits per heavy atom. The Balaban J connectivity index is 1.89. The van der Waals surface area contributed by atoms with E-state index in [9.17, 15) is 0 Å². The fourth-order valence-corrected chi connectivity index (χ4v) is 2.32. The summed E-state index contributed by atoms with van der Waals surface area (Å²) in [6.07, 6.45) is 9.04. The smallest absolute Gasteiger partial charge is 0.153 e. The van der Waals surface area contributed by atoms with Gasteiger partial charge >= 0.3 is 0 Å². The molecule has 21 heavy (non-hydrogen) atoms. The van der Waals surface area contributed by atoms with E-state index in [1.807, 2.05) is 53.3 Å². The average molecular weight is 276 g/mol. The van der Waals surface area contributed by atoms with Crippen molar-refractivity contribution in [2.75, 3.05) is 5.73 Å². The van der Waals surface area contributed by atoms with Crippen molar-refractivity contribution >= 4 is 11.3 Å². The van der Waals surface area contributed by atoms with E-state index >= 15 is 0 Å². The molecule has 0 fully saturated rings. The van der Waals surface area contributed by atoms with Gasteiger partial charge in [-0.1, -0.05) is 0 Å². The van der Waals surface area contributed by atoms with Gasteiger partial charge in [0.1, 0.15) is 5.65 Å². The number of pyridine rings is 2. The molecule has 0 atom stereocenters. The first kappa shape index (κ1) is 11.7. The molecule has 0 aliphatic rings. The monoisotopic (exact) mass is 276 g/mol. The molecule has 0 saturated carbocycles. The van der Waals surface area contributed by atoms with Crippen LogP contribution in [0.15, 0.2) is 61.3 Å². The summed E-state index contributed by atoms with van der Waals surface area (Å²) in [6, 6.07) is 9.52. The maximum absolute atomic E-state index is 5.86. The first-order valence-corrected chi connectivity index (χ1v) is 6.50. The van der Waals surface area contributed by atoms with Crippen LogP contribution in [-0.2, 0) is 0 Å². The van der Waals surface area contributed by atoms with Crippen molar-refractivity contribution < 1.29 is 0 Å². The molecule has 102 valence electrons. The van der Waals surface area contributed by atoms with Gasteiger partial charge in [0.25, 0.3) is 0 Å². The molecular weight excluding hydrogens is 264 g/mol. The number of nitrogens with two attached hydrogens (primary N) is 1. The van der Waals surface area contributed by atoms with Crippen molar-refractivity contribution in [3.05, 3.63) is 61.3 Å². The van der Waals surface area contributed by atoms with Gasteiger partial charge in [0.05, 0.1) is 11.9 Å². The summed E-state index contributed by atoms with van der Waals surface area (Å²) in [5, 5.41) is 4.20. The van der Waals surface area contributed by atoms with E-state index in [0.717, 1.165) is 22.7 Å². The fourth-order valence-electron chi connectivity index (χ4n) is 2.32. The van der Waals surface area contributed by atoms with Crippen LogP contribution in [0.5, 0.6) is 0 Å². The lowest BCUT2D eigenvalue weighted by Crippen LogP contribution is -1.98. The standard InChI is InChI=1S/C15H12N6/c16-12-2-3-14-18-9-13(20(14)10-12)11-4-6-17-15(8-11)21-7-1-5-19-21/h1-10H,16H2. The number of rotatable bonds is 2. The third kappa shape index (κ3) is 1.93. The van der Waals surface area contributed by atoms with Crippen LogP contribution < -0.4 is 5.73 Å². The van der Waals surface area contributed by atoms with Crippen LogP contribution in [0, 0.1) is 0 Å². The predicted molar refractivity (Wildman–Crippen MR) is 80.0 cm³/mol. The molecule has 0 saturated heterocycles. The van der Waals surface area contributed by atoms with Crippen molar-refractivity contribution in [3.63, 3.8) is 0 Å². The van der Waals surface area contributed by atoms with E-state index in [4.69, 9.17) is 5.73 Å². The lowest BCUT2D eigenvalue weighted by molar-refractivity contribution is 0.847. The van der Waals surface area contributed by atoms with E-state index in [0.29, 0.717) is 5.69 Å². The summed E-state index contributed by atoms with van der Waals surface area (Å²) >= 11 is 0. The zero-order chi connectivity index (χ0) is 14.2. The normalized spacial score (nSPS) is 11.0. The van der Waals surface area contributed by atoms with Gasteiger partial charge in [0.2, 0.25) is 0 Å². The highest BCUT2D eigenvalue weighted by Crippen LogP contribution is 2.22. The van der Waals surface area contributed by atoms with Gasteiger partial charge in [0, 0.05) is 36.0 Å². The highest BCUT2D eigenvalue weighted by atomic mass is 15.3. The first-order chi connectivity index (χ1) is 10.3. The Morgan fingerprint density at radius 1 is 1.05 bits per heavy atom. The summed E-state index contributed by atoms with van der Waals surface area (Å²) in [6.45, 7) is 0. The molecule has 2 N–H and O–H groups in total. The van der Waals surface area contributed by atoms with Gasteiger partial charge in [-0.2, -0.15) is 5.10 Å². The molecule has 0 spiro atoms.